The van der Waals surface area contributed by atoms with Crippen LogP contribution in [0.15, 0.2) is 70.2 Å². The van der Waals surface area contributed by atoms with Crippen LogP contribution in [0.25, 0.3) is 0 Å². The van der Waals surface area contributed by atoms with Crippen LogP contribution in [-0.4, -0.2) is 32.0 Å². The van der Waals surface area contributed by atoms with Crippen LogP contribution in [0.5, 0.6) is 23.0 Å². The minimum atomic E-state index is -0.533. The molecule has 162 valence electrons. The fraction of sp³-hybridized carbons (Fsp3) is 0.0870. The summed E-state index contributed by atoms with van der Waals surface area (Å²) in [6.07, 6.45) is 1.40. The molecular formula is C23H17BrN2O6. The summed E-state index contributed by atoms with van der Waals surface area (Å²) in [7, 11) is 1.55. The maximum absolute atomic E-state index is 12.5. The van der Waals surface area contributed by atoms with Gasteiger partial charge in [0.05, 0.1) is 18.9 Å². The van der Waals surface area contributed by atoms with Gasteiger partial charge in [-0.25, -0.2) is 10.2 Å². The monoisotopic (exact) mass is 496 g/mol. The second-order valence-electron chi connectivity index (χ2n) is 6.57. The van der Waals surface area contributed by atoms with Gasteiger partial charge < -0.3 is 18.9 Å². The molecule has 0 fully saturated rings. The Morgan fingerprint density at radius 3 is 2.53 bits per heavy atom. The first-order valence-corrected chi connectivity index (χ1v) is 10.2. The van der Waals surface area contributed by atoms with Gasteiger partial charge >= 0.3 is 5.97 Å². The fourth-order valence-electron chi connectivity index (χ4n) is 2.86. The molecule has 0 aliphatic carbocycles. The fourth-order valence-corrected chi connectivity index (χ4v) is 3.24. The van der Waals surface area contributed by atoms with E-state index in [2.05, 4.69) is 26.5 Å². The van der Waals surface area contributed by atoms with E-state index in [1.807, 2.05) is 0 Å². The van der Waals surface area contributed by atoms with E-state index in [0.29, 0.717) is 33.9 Å². The smallest absolute Gasteiger partial charge is 0.343 e. The maximum Gasteiger partial charge on any atom is 0.343 e. The quantitative estimate of drug-likeness (QED) is 0.238. The largest absolute Gasteiger partial charge is 0.497 e. The van der Waals surface area contributed by atoms with Gasteiger partial charge in [-0.15, -0.1) is 0 Å². The lowest BCUT2D eigenvalue weighted by molar-refractivity contribution is 0.0734. The van der Waals surface area contributed by atoms with E-state index >= 15 is 0 Å². The van der Waals surface area contributed by atoms with Crippen LogP contribution in [0.2, 0.25) is 0 Å². The lowest BCUT2D eigenvalue weighted by atomic mass is 10.2. The molecule has 3 aromatic carbocycles. The van der Waals surface area contributed by atoms with Crippen molar-refractivity contribution in [3.63, 3.8) is 0 Å². The van der Waals surface area contributed by atoms with E-state index in [9.17, 15) is 9.59 Å². The first kappa shape index (κ1) is 21.4. The number of esters is 1. The van der Waals surface area contributed by atoms with Crippen LogP contribution in [0.1, 0.15) is 26.3 Å². The molecule has 32 heavy (non-hydrogen) atoms. The Morgan fingerprint density at radius 1 is 1.00 bits per heavy atom. The first-order chi connectivity index (χ1) is 15.5. The third-order valence-electron chi connectivity index (χ3n) is 4.50. The van der Waals surface area contributed by atoms with E-state index in [-0.39, 0.29) is 12.5 Å². The first-order valence-electron chi connectivity index (χ1n) is 9.42. The van der Waals surface area contributed by atoms with Crippen molar-refractivity contribution < 1.29 is 28.5 Å². The molecule has 0 atom stereocenters. The van der Waals surface area contributed by atoms with Gasteiger partial charge in [0, 0.05) is 15.6 Å². The van der Waals surface area contributed by atoms with Gasteiger partial charge in [0.25, 0.3) is 5.91 Å². The van der Waals surface area contributed by atoms with Crippen molar-refractivity contribution in [1.29, 1.82) is 0 Å². The van der Waals surface area contributed by atoms with Crippen molar-refractivity contribution in [1.82, 2.24) is 5.43 Å². The number of fused-ring (bicyclic) bond motifs is 1. The number of nitrogens with one attached hydrogen (secondary N) is 1. The van der Waals surface area contributed by atoms with Crippen molar-refractivity contribution >= 4 is 34.0 Å². The van der Waals surface area contributed by atoms with E-state index in [0.717, 1.165) is 4.47 Å². The average Bonchev–Trinajstić information content (AvgIpc) is 3.28. The lowest BCUT2D eigenvalue weighted by Crippen LogP contribution is -2.17. The number of carbonyl (C=O) groups excluding carboxylic acids is 2. The number of methoxy groups -OCH3 is 1. The van der Waals surface area contributed by atoms with Crippen molar-refractivity contribution in [2.75, 3.05) is 13.9 Å². The van der Waals surface area contributed by atoms with Crippen molar-refractivity contribution in [2.45, 2.75) is 0 Å². The van der Waals surface area contributed by atoms with Crippen LogP contribution in [0, 0.1) is 0 Å². The summed E-state index contributed by atoms with van der Waals surface area (Å²) in [5.74, 6) is 1.05. The highest BCUT2D eigenvalue weighted by Crippen LogP contribution is 2.32. The van der Waals surface area contributed by atoms with Crippen molar-refractivity contribution in [3.8, 4) is 23.0 Å². The zero-order valence-corrected chi connectivity index (χ0v) is 18.4. The van der Waals surface area contributed by atoms with Crippen LogP contribution in [-0.2, 0) is 0 Å². The molecule has 9 heteroatoms. The standard InChI is InChI=1S/C23H17BrN2O6/c1-29-18-6-2-14(3-7-18)23(28)32-19-9-5-17(24)10-16(19)12-25-26-22(27)15-4-8-20-21(11-15)31-13-30-20/h2-12H,13H2,1H3,(H,26,27)/b25-12+. The number of rotatable bonds is 6. The number of benzene rings is 3. The normalized spacial score (nSPS) is 11.9. The van der Waals surface area contributed by atoms with Crippen LogP contribution >= 0.6 is 15.9 Å². The molecule has 0 radical (unpaired) electrons. The zero-order valence-electron chi connectivity index (χ0n) is 16.8. The summed E-state index contributed by atoms with van der Waals surface area (Å²) in [4.78, 5) is 24.9. The number of nitrogens with zero attached hydrogens (tertiary/aromatic N) is 1. The Balaban J connectivity index is 1.46. The number of hydrogen-bond acceptors (Lipinski definition) is 7. The van der Waals surface area contributed by atoms with E-state index in [1.165, 1.54) is 6.21 Å². The molecule has 0 bridgehead atoms. The summed E-state index contributed by atoms with van der Waals surface area (Å²) < 4.78 is 21.9. The lowest BCUT2D eigenvalue weighted by Gasteiger charge is -2.08. The number of hydrazone groups is 1. The van der Waals surface area contributed by atoms with Crippen molar-refractivity contribution in [3.05, 3.63) is 81.8 Å². The van der Waals surface area contributed by atoms with E-state index < -0.39 is 11.9 Å². The molecule has 1 aliphatic heterocycles. The molecule has 3 aromatic rings. The summed E-state index contributed by atoms with van der Waals surface area (Å²) in [6.45, 7) is 0.124. The Morgan fingerprint density at radius 2 is 1.75 bits per heavy atom. The molecule has 0 unspecified atom stereocenters. The third-order valence-corrected chi connectivity index (χ3v) is 5.00. The highest BCUT2D eigenvalue weighted by atomic mass is 79.9. The molecule has 4 rings (SSSR count). The second kappa shape index (κ2) is 9.52. The minimum Gasteiger partial charge on any atom is -0.497 e. The molecule has 1 aliphatic rings. The van der Waals surface area contributed by atoms with E-state index in [4.69, 9.17) is 18.9 Å². The number of halogens is 1. The summed E-state index contributed by atoms with van der Waals surface area (Å²) >= 11 is 3.38. The van der Waals surface area contributed by atoms with Crippen LogP contribution < -0.4 is 24.4 Å². The Kier molecular flexibility index (Phi) is 6.37. The molecule has 0 saturated heterocycles. The molecule has 1 heterocycles. The summed E-state index contributed by atoms with van der Waals surface area (Å²) in [6, 6.07) is 16.5. The zero-order chi connectivity index (χ0) is 22.5. The minimum absolute atomic E-state index is 0.124. The van der Waals surface area contributed by atoms with Crippen LogP contribution in [0.3, 0.4) is 0 Å². The highest BCUT2D eigenvalue weighted by Gasteiger charge is 2.16. The van der Waals surface area contributed by atoms with Gasteiger partial charge in [-0.1, -0.05) is 15.9 Å². The maximum atomic E-state index is 12.5. The van der Waals surface area contributed by atoms with Gasteiger partial charge in [0.15, 0.2) is 11.5 Å². The Hall–Kier alpha value is -3.85. The summed E-state index contributed by atoms with van der Waals surface area (Å²) in [5.41, 5.74) is 3.68. The predicted molar refractivity (Wildman–Crippen MR) is 120 cm³/mol. The van der Waals surface area contributed by atoms with Crippen molar-refractivity contribution in [2.24, 2.45) is 5.10 Å². The number of amides is 1. The molecular weight excluding hydrogens is 480 g/mol. The predicted octanol–water partition coefficient (Wildman–Crippen LogP) is 4.17. The molecule has 0 aromatic heterocycles. The van der Waals surface area contributed by atoms with Gasteiger partial charge in [-0.2, -0.15) is 5.10 Å². The molecule has 1 amide bonds. The Bertz CT molecular complexity index is 1190. The van der Waals surface area contributed by atoms with Crippen LogP contribution in [0.4, 0.5) is 0 Å². The number of ether oxygens (including phenoxy) is 4. The second-order valence-corrected chi connectivity index (χ2v) is 7.48. The average molecular weight is 497 g/mol. The molecule has 0 saturated carbocycles. The molecule has 0 spiro atoms. The van der Waals surface area contributed by atoms with Gasteiger partial charge in [0.1, 0.15) is 11.5 Å². The topological polar surface area (TPSA) is 95.5 Å². The highest BCUT2D eigenvalue weighted by molar-refractivity contribution is 9.10. The number of carbonyl (C=O) groups is 2. The van der Waals surface area contributed by atoms with Gasteiger partial charge in [0.2, 0.25) is 6.79 Å². The molecule has 1 N–H and O–H groups in total. The van der Waals surface area contributed by atoms with Gasteiger partial charge in [-0.05, 0) is 60.7 Å². The SMILES string of the molecule is COc1ccc(C(=O)Oc2ccc(Br)cc2/C=N/NC(=O)c2ccc3c(c2)OCO3)cc1. The summed E-state index contributed by atoms with van der Waals surface area (Å²) in [5, 5.41) is 3.99. The Labute approximate surface area is 191 Å². The van der Waals surface area contributed by atoms with E-state index in [1.54, 1.807) is 67.8 Å². The van der Waals surface area contributed by atoms with Gasteiger partial charge in [-0.3, -0.25) is 4.79 Å². The number of hydrogen-bond donors (Lipinski definition) is 1. The third kappa shape index (κ3) is 4.89. The molecule has 8 nitrogen and oxygen atoms in total.